The van der Waals surface area contributed by atoms with Crippen molar-refractivity contribution in [2.45, 2.75) is 51.5 Å². The lowest BCUT2D eigenvalue weighted by molar-refractivity contribution is -0.120. The quantitative estimate of drug-likeness (QED) is 0.660. The summed E-state index contributed by atoms with van der Waals surface area (Å²) in [7, 11) is -3.62. The van der Waals surface area contributed by atoms with Gasteiger partial charge in [0.2, 0.25) is 15.9 Å². The smallest absolute Gasteiger partial charge is 0.241 e. The van der Waals surface area contributed by atoms with Gasteiger partial charge in [-0.1, -0.05) is 17.7 Å². The molecule has 0 aliphatic carbocycles. The minimum Gasteiger partial charge on any atom is -0.356 e. The van der Waals surface area contributed by atoms with Crippen LogP contribution in [-0.2, 0) is 14.8 Å². The zero-order valence-corrected chi connectivity index (χ0v) is 15.1. The fraction of sp³-hybridized carbons (Fsp3) is 0.562. The van der Waals surface area contributed by atoms with Gasteiger partial charge >= 0.3 is 0 Å². The molecule has 1 atom stereocenters. The number of nitrogens with two attached hydrogens (primary N) is 1. The van der Waals surface area contributed by atoms with Crippen LogP contribution in [0.5, 0.6) is 0 Å². The summed E-state index contributed by atoms with van der Waals surface area (Å²) >= 11 is 0. The number of hydrogen-bond acceptors (Lipinski definition) is 4. The fourth-order valence-corrected chi connectivity index (χ4v) is 3.97. The number of sulfonamides is 1. The molecule has 0 aliphatic heterocycles. The van der Waals surface area contributed by atoms with E-state index in [0.717, 1.165) is 5.56 Å². The van der Waals surface area contributed by atoms with E-state index in [1.54, 1.807) is 13.8 Å². The van der Waals surface area contributed by atoms with Gasteiger partial charge in [0, 0.05) is 25.6 Å². The third kappa shape index (κ3) is 6.29. The van der Waals surface area contributed by atoms with E-state index in [0.29, 0.717) is 29.0 Å². The highest BCUT2D eigenvalue weighted by molar-refractivity contribution is 7.89. The van der Waals surface area contributed by atoms with Crippen LogP contribution in [0.2, 0.25) is 0 Å². The number of nitrogens with one attached hydrogen (secondary N) is 2. The summed E-state index contributed by atoms with van der Waals surface area (Å²) in [6, 6.07) is 3.70. The van der Waals surface area contributed by atoms with E-state index in [4.69, 9.17) is 5.73 Å². The standard InChI is InChI=1S/C16H27N3O3S/c1-11-9-12(2)16(13(3)10-11)23(21,22)19-8-6-15(20)18-7-5-14(4)17/h9-10,14,19H,5-8,17H2,1-4H3,(H,18,20). The van der Waals surface area contributed by atoms with Crippen LogP contribution in [0, 0.1) is 20.8 Å². The molecule has 130 valence electrons. The Labute approximate surface area is 138 Å². The van der Waals surface area contributed by atoms with Crippen molar-refractivity contribution < 1.29 is 13.2 Å². The van der Waals surface area contributed by atoms with Gasteiger partial charge in [-0.25, -0.2) is 13.1 Å². The molecule has 0 heterocycles. The minimum absolute atomic E-state index is 0.0290. The van der Waals surface area contributed by atoms with Crippen molar-refractivity contribution in [3.63, 3.8) is 0 Å². The molecule has 4 N–H and O–H groups in total. The maximum absolute atomic E-state index is 12.4. The number of carbonyl (C=O) groups is 1. The van der Waals surface area contributed by atoms with E-state index in [1.165, 1.54) is 0 Å². The Balaban J connectivity index is 2.59. The Bertz CT molecular complexity index is 632. The molecule has 0 saturated heterocycles. The van der Waals surface area contributed by atoms with Crippen molar-refractivity contribution >= 4 is 15.9 Å². The summed E-state index contributed by atoms with van der Waals surface area (Å²) < 4.78 is 27.3. The Kier molecular flexibility index (Phi) is 7.18. The predicted octanol–water partition coefficient (Wildman–Crippen LogP) is 1.13. The van der Waals surface area contributed by atoms with Crippen LogP contribution < -0.4 is 15.8 Å². The first kappa shape index (κ1) is 19.6. The molecule has 0 spiro atoms. The number of amides is 1. The topological polar surface area (TPSA) is 101 Å². The van der Waals surface area contributed by atoms with Crippen LogP contribution in [0.25, 0.3) is 0 Å². The molecule has 1 rings (SSSR count). The molecule has 1 aromatic carbocycles. The van der Waals surface area contributed by atoms with Crippen molar-refractivity contribution in [3.05, 3.63) is 28.8 Å². The highest BCUT2D eigenvalue weighted by Gasteiger charge is 2.19. The van der Waals surface area contributed by atoms with Crippen LogP contribution in [0.15, 0.2) is 17.0 Å². The normalized spacial score (nSPS) is 12.9. The van der Waals surface area contributed by atoms with Crippen molar-refractivity contribution in [1.82, 2.24) is 10.0 Å². The van der Waals surface area contributed by atoms with Gasteiger partial charge in [-0.15, -0.1) is 0 Å². The molecule has 6 nitrogen and oxygen atoms in total. The maximum atomic E-state index is 12.4. The van der Waals surface area contributed by atoms with Crippen molar-refractivity contribution in [1.29, 1.82) is 0 Å². The monoisotopic (exact) mass is 341 g/mol. The van der Waals surface area contributed by atoms with Crippen molar-refractivity contribution in [2.24, 2.45) is 5.73 Å². The largest absolute Gasteiger partial charge is 0.356 e. The van der Waals surface area contributed by atoms with Gasteiger partial charge < -0.3 is 11.1 Å². The van der Waals surface area contributed by atoms with Crippen LogP contribution >= 0.6 is 0 Å². The molecule has 1 amide bonds. The molecule has 0 saturated carbocycles. The van der Waals surface area contributed by atoms with E-state index in [-0.39, 0.29) is 24.9 Å². The van der Waals surface area contributed by atoms with Crippen LogP contribution in [0.3, 0.4) is 0 Å². The maximum Gasteiger partial charge on any atom is 0.241 e. The highest BCUT2D eigenvalue weighted by Crippen LogP contribution is 2.21. The average Bonchev–Trinajstić information content (AvgIpc) is 2.35. The van der Waals surface area contributed by atoms with Gasteiger partial charge in [0.25, 0.3) is 0 Å². The Hall–Kier alpha value is -1.44. The van der Waals surface area contributed by atoms with E-state index < -0.39 is 10.0 Å². The van der Waals surface area contributed by atoms with Gasteiger partial charge in [-0.05, 0) is 45.2 Å². The molecule has 0 radical (unpaired) electrons. The lowest BCUT2D eigenvalue weighted by atomic mass is 10.1. The van der Waals surface area contributed by atoms with Gasteiger partial charge in [-0.2, -0.15) is 0 Å². The molecule has 23 heavy (non-hydrogen) atoms. The van der Waals surface area contributed by atoms with E-state index in [1.807, 2.05) is 26.0 Å². The van der Waals surface area contributed by atoms with Gasteiger partial charge in [-0.3, -0.25) is 4.79 Å². The van der Waals surface area contributed by atoms with E-state index >= 15 is 0 Å². The SMILES string of the molecule is Cc1cc(C)c(S(=O)(=O)NCCC(=O)NCCC(C)N)c(C)c1. The molecule has 0 bridgehead atoms. The van der Waals surface area contributed by atoms with Gasteiger partial charge in [0.1, 0.15) is 0 Å². The Morgan fingerprint density at radius 3 is 2.26 bits per heavy atom. The zero-order valence-electron chi connectivity index (χ0n) is 14.3. The lowest BCUT2D eigenvalue weighted by Crippen LogP contribution is -2.33. The molecule has 1 aromatic rings. The van der Waals surface area contributed by atoms with Crippen molar-refractivity contribution in [3.8, 4) is 0 Å². The number of hydrogen-bond donors (Lipinski definition) is 3. The third-order valence-corrected chi connectivity index (χ3v) is 5.20. The van der Waals surface area contributed by atoms with Crippen LogP contribution in [0.4, 0.5) is 0 Å². The molecule has 7 heteroatoms. The lowest BCUT2D eigenvalue weighted by Gasteiger charge is -2.13. The van der Waals surface area contributed by atoms with Crippen LogP contribution in [-0.4, -0.2) is 33.5 Å². The summed E-state index contributed by atoms with van der Waals surface area (Å²) in [6.07, 6.45) is 0.793. The van der Waals surface area contributed by atoms with Gasteiger partial charge in [0.05, 0.1) is 4.90 Å². The van der Waals surface area contributed by atoms with E-state index in [2.05, 4.69) is 10.0 Å². The first-order chi connectivity index (χ1) is 10.6. The molecule has 0 aromatic heterocycles. The Morgan fingerprint density at radius 1 is 1.17 bits per heavy atom. The molecular formula is C16H27N3O3S. The molecule has 1 unspecified atom stereocenters. The third-order valence-electron chi connectivity index (χ3n) is 3.44. The predicted molar refractivity (Wildman–Crippen MR) is 91.7 cm³/mol. The number of rotatable bonds is 8. The summed E-state index contributed by atoms with van der Waals surface area (Å²) in [5, 5.41) is 2.72. The summed E-state index contributed by atoms with van der Waals surface area (Å²) in [5.41, 5.74) is 8.03. The first-order valence-corrected chi connectivity index (χ1v) is 9.21. The summed E-state index contributed by atoms with van der Waals surface area (Å²) in [6.45, 7) is 7.91. The van der Waals surface area contributed by atoms with Crippen molar-refractivity contribution in [2.75, 3.05) is 13.1 Å². The minimum atomic E-state index is -3.62. The number of benzene rings is 1. The fourth-order valence-electron chi connectivity index (χ4n) is 2.49. The second-order valence-electron chi connectivity index (χ2n) is 5.99. The average molecular weight is 341 g/mol. The first-order valence-electron chi connectivity index (χ1n) is 7.73. The summed E-state index contributed by atoms with van der Waals surface area (Å²) in [4.78, 5) is 11.9. The second-order valence-corrected chi connectivity index (χ2v) is 7.70. The zero-order chi connectivity index (χ0) is 17.6. The van der Waals surface area contributed by atoms with Crippen LogP contribution in [0.1, 0.15) is 36.5 Å². The summed E-state index contributed by atoms with van der Waals surface area (Å²) in [5.74, 6) is -0.189. The van der Waals surface area contributed by atoms with E-state index in [9.17, 15) is 13.2 Å². The number of aryl methyl sites for hydroxylation is 3. The second kappa shape index (κ2) is 8.42. The highest BCUT2D eigenvalue weighted by atomic mass is 32.2. The number of carbonyl (C=O) groups excluding carboxylic acids is 1. The molecular weight excluding hydrogens is 314 g/mol. The molecule has 0 aliphatic rings. The Morgan fingerprint density at radius 2 is 1.74 bits per heavy atom. The molecule has 0 fully saturated rings. The van der Waals surface area contributed by atoms with Gasteiger partial charge in [0.15, 0.2) is 0 Å².